The molecule has 8 heteroatoms. The number of piperidine rings is 1. The molecular formula is C12H18Cl2N2O3S. The summed E-state index contributed by atoms with van der Waals surface area (Å²) in [6, 6.07) is 4.37. The molecule has 0 bridgehead atoms. The average molecular weight is 341 g/mol. The first-order valence-corrected chi connectivity index (χ1v) is 7.95. The summed E-state index contributed by atoms with van der Waals surface area (Å²) < 4.78 is 32.1. The van der Waals surface area contributed by atoms with Crippen LogP contribution in [0.1, 0.15) is 12.8 Å². The van der Waals surface area contributed by atoms with E-state index in [0.29, 0.717) is 12.3 Å². The zero-order chi connectivity index (χ0) is 13.9. The van der Waals surface area contributed by atoms with Crippen LogP contribution in [0, 0.1) is 0 Å². The largest absolute Gasteiger partial charge is 0.495 e. The van der Waals surface area contributed by atoms with Gasteiger partial charge in [-0.2, -0.15) is 0 Å². The Balaban J connectivity index is 0.00000200. The quantitative estimate of drug-likeness (QED) is 0.876. The van der Waals surface area contributed by atoms with Crippen molar-refractivity contribution >= 4 is 34.0 Å². The molecule has 1 aliphatic rings. The molecule has 1 fully saturated rings. The number of hydrogen-bond donors (Lipinski definition) is 2. The van der Waals surface area contributed by atoms with Crippen LogP contribution in [-0.4, -0.2) is 34.7 Å². The van der Waals surface area contributed by atoms with Crippen molar-refractivity contribution in [2.45, 2.75) is 23.8 Å². The molecule has 0 aliphatic carbocycles. The molecule has 5 nitrogen and oxygen atoms in total. The summed E-state index contributed by atoms with van der Waals surface area (Å²) >= 11 is 5.95. The van der Waals surface area contributed by atoms with Crippen molar-refractivity contribution < 1.29 is 13.2 Å². The molecular weight excluding hydrogens is 323 g/mol. The Bertz CT molecular complexity index is 546. The van der Waals surface area contributed by atoms with Gasteiger partial charge in [0.1, 0.15) is 5.75 Å². The monoisotopic (exact) mass is 340 g/mol. The summed E-state index contributed by atoms with van der Waals surface area (Å²) in [5.41, 5.74) is 0. The van der Waals surface area contributed by atoms with E-state index < -0.39 is 10.0 Å². The zero-order valence-corrected chi connectivity index (χ0v) is 13.4. The second-order valence-electron chi connectivity index (χ2n) is 4.46. The molecule has 2 rings (SSSR count). The molecule has 1 atom stereocenters. The minimum Gasteiger partial charge on any atom is -0.495 e. The summed E-state index contributed by atoms with van der Waals surface area (Å²) in [5, 5.41) is 3.45. The summed E-state index contributed by atoms with van der Waals surface area (Å²) in [5.74, 6) is 0.458. The number of methoxy groups -OCH3 is 1. The highest BCUT2D eigenvalue weighted by Gasteiger charge is 2.22. The summed E-state index contributed by atoms with van der Waals surface area (Å²) in [4.78, 5) is 0.156. The molecule has 0 aromatic heterocycles. The molecule has 1 aromatic rings. The fourth-order valence-corrected chi connectivity index (χ4v) is 3.67. The second kappa shape index (κ2) is 7.47. The molecule has 1 unspecified atom stereocenters. The molecule has 0 radical (unpaired) electrons. The van der Waals surface area contributed by atoms with Crippen LogP contribution in [0.25, 0.3) is 0 Å². The fourth-order valence-electron chi connectivity index (χ4n) is 2.05. The topological polar surface area (TPSA) is 67.4 Å². The van der Waals surface area contributed by atoms with Crippen LogP contribution in [0.2, 0.25) is 5.02 Å². The van der Waals surface area contributed by atoms with Gasteiger partial charge in [0.05, 0.1) is 17.0 Å². The first kappa shape index (κ1) is 17.5. The SMILES string of the molecule is COc1ccc(S(=O)(=O)NC2CCCNC2)cc1Cl.Cl. The van der Waals surface area contributed by atoms with Crippen LogP contribution < -0.4 is 14.8 Å². The number of nitrogens with one attached hydrogen (secondary N) is 2. The molecule has 0 saturated carbocycles. The molecule has 0 spiro atoms. The highest BCUT2D eigenvalue weighted by molar-refractivity contribution is 7.89. The van der Waals surface area contributed by atoms with Crippen molar-refractivity contribution in [3.63, 3.8) is 0 Å². The first-order valence-electron chi connectivity index (χ1n) is 6.09. The van der Waals surface area contributed by atoms with E-state index in [1.165, 1.54) is 19.2 Å². The van der Waals surface area contributed by atoms with E-state index in [1.807, 2.05) is 0 Å². The van der Waals surface area contributed by atoms with Gasteiger partial charge in [0, 0.05) is 12.6 Å². The molecule has 1 aromatic carbocycles. The van der Waals surface area contributed by atoms with Gasteiger partial charge in [-0.15, -0.1) is 12.4 Å². The van der Waals surface area contributed by atoms with E-state index in [4.69, 9.17) is 16.3 Å². The molecule has 20 heavy (non-hydrogen) atoms. The highest BCUT2D eigenvalue weighted by atomic mass is 35.5. The average Bonchev–Trinajstić information content (AvgIpc) is 2.39. The number of rotatable bonds is 4. The lowest BCUT2D eigenvalue weighted by Gasteiger charge is -2.23. The number of halogens is 2. The van der Waals surface area contributed by atoms with E-state index in [9.17, 15) is 8.42 Å². The molecule has 0 amide bonds. The Hall–Kier alpha value is -0.530. The Morgan fingerprint density at radius 2 is 2.20 bits per heavy atom. The van der Waals surface area contributed by atoms with Crippen LogP contribution in [0.4, 0.5) is 0 Å². The smallest absolute Gasteiger partial charge is 0.240 e. The molecule has 114 valence electrons. The Morgan fingerprint density at radius 1 is 1.45 bits per heavy atom. The highest BCUT2D eigenvalue weighted by Crippen LogP contribution is 2.27. The van der Waals surface area contributed by atoms with E-state index in [-0.39, 0.29) is 28.4 Å². The molecule has 1 aliphatic heterocycles. The summed E-state index contributed by atoms with van der Waals surface area (Å²) in [6.45, 7) is 1.59. The zero-order valence-electron chi connectivity index (χ0n) is 11.1. The van der Waals surface area contributed by atoms with Crippen LogP contribution in [0.5, 0.6) is 5.75 Å². The van der Waals surface area contributed by atoms with E-state index in [0.717, 1.165) is 19.4 Å². The van der Waals surface area contributed by atoms with Gasteiger partial charge >= 0.3 is 0 Å². The maximum absolute atomic E-state index is 12.2. The fraction of sp³-hybridized carbons (Fsp3) is 0.500. The maximum Gasteiger partial charge on any atom is 0.240 e. The van der Waals surface area contributed by atoms with Gasteiger partial charge in [-0.05, 0) is 37.6 Å². The predicted octanol–water partition coefficient (Wildman–Crippen LogP) is 1.80. The van der Waals surface area contributed by atoms with Crippen LogP contribution in [0.3, 0.4) is 0 Å². The lowest BCUT2D eigenvalue weighted by atomic mass is 10.1. The van der Waals surface area contributed by atoms with E-state index in [2.05, 4.69) is 10.0 Å². The predicted molar refractivity (Wildman–Crippen MR) is 81.5 cm³/mol. The number of hydrogen-bond acceptors (Lipinski definition) is 4. The maximum atomic E-state index is 12.2. The lowest BCUT2D eigenvalue weighted by molar-refractivity contribution is 0.414. The van der Waals surface area contributed by atoms with Gasteiger partial charge in [0.2, 0.25) is 10.0 Å². The van der Waals surface area contributed by atoms with Gasteiger partial charge in [-0.3, -0.25) is 0 Å². The molecule has 2 N–H and O–H groups in total. The third-order valence-corrected chi connectivity index (χ3v) is 4.87. The number of ether oxygens (including phenoxy) is 1. The first-order chi connectivity index (χ1) is 9.03. The van der Waals surface area contributed by atoms with Crippen molar-refractivity contribution in [3.05, 3.63) is 23.2 Å². The van der Waals surface area contributed by atoms with Crippen molar-refractivity contribution in [2.75, 3.05) is 20.2 Å². The third kappa shape index (κ3) is 4.23. The van der Waals surface area contributed by atoms with E-state index >= 15 is 0 Å². The lowest BCUT2D eigenvalue weighted by Crippen LogP contribution is -2.45. The van der Waals surface area contributed by atoms with Crippen molar-refractivity contribution in [3.8, 4) is 5.75 Å². The molecule has 1 heterocycles. The van der Waals surface area contributed by atoms with Crippen molar-refractivity contribution in [1.29, 1.82) is 0 Å². The Labute approximate surface area is 130 Å². The normalized spacial score (nSPS) is 19.2. The summed E-state index contributed by atoms with van der Waals surface area (Å²) in [6.07, 6.45) is 1.81. The standard InChI is InChI=1S/C12H17ClN2O3S.ClH/c1-18-12-5-4-10(7-11(12)13)19(16,17)15-9-3-2-6-14-8-9;/h4-5,7,9,14-15H,2-3,6,8H2,1H3;1H. The van der Waals surface area contributed by atoms with Gasteiger partial charge in [-0.1, -0.05) is 11.6 Å². The van der Waals surface area contributed by atoms with Crippen molar-refractivity contribution in [2.24, 2.45) is 0 Å². The third-order valence-electron chi connectivity index (χ3n) is 3.05. The minimum atomic E-state index is -3.54. The van der Waals surface area contributed by atoms with E-state index in [1.54, 1.807) is 6.07 Å². The second-order valence-corrected chi connectivity index (χ2v) is 6.58. The Kier molecular flexibility index (Phi) is 6.54. The van der Waals surface area contributed by atoms with Crippen LogP contribution >= 0.6 is 24.0 Å². The van der Waals surface area contributed by atoms with Gasteiger partial charge in [0.15, 0.2) is 0 Å². The van der Waals surface area contributed by atoms with Gasteiger partial charge in [-0.25, -0.2) is 13.1 Å². The van der Waals surface area contributed by atoms with Gasteiger partial charge < -0.3 is 10.1 Å². The van der Waals surface area contributed by atoms with Gasteiger partial charge in [0.25, 0.3) is 0 Å². The number of sulfonamides is 1. The van der Waals surface area contributed by atoms with Crippen molar-refractivity contribution in [1.82, 2.24) is 10.0 Å². The molecule has 1 saturated heterocycles. The van der Waals surface area contributed by atoms with Crippen LogP contribution in [0.15, 0.2) is 23.1 Å². The minimum absolute atomic E-state index is 0. The summed E-state index contributed by atoms with van der Waals surface area (Å²) in [7, 11) is -2.05. The number of benzene rings is 1. The Morgan fingerprint density at radius 3 is 2.75 bits per heavy atom. The van der Waals surface area contributed by atoms with Crippen LogP contribution in [-0.2, 0) is 10.0 Å².